The summed E-state index contributed by atoms with van der Waals surface area (Å²) >= 11 is 4.94. The third kappa shape index (κ3) is 3.67. The van der Waals surface area contributed by atoms with Gasteiger partial charge >= 0.3 is 12.0 Å². The Bertz CT molecular complexity index is 734. The Morgan fingerprint density at radius 3 is 2.70 bits per heavy atom. The number of aromatic nitrogens is 2. The van der Waals surface area contributed by atoms with Gasteiger partial charge < -0.3 is 10.0 Å². The van der Waals surface area contributed by atoms with E-state index >= 15 is 0 Å². The maximum Gasteiger partial charge on any atom is 0.323 e. The Kier molecular flexibility index (Phi) is 4.58. The molecule has 2 N–H and O–H groups in total. The largest absolute Gasteiger partial charge is 0.481 e. The number of hydrogen-bond donors (Lipinski definition) is 2. The molecule has 0 aromatic carbocycles. The lowest BCUT2D eigenvalue weighted by Gasteiger charge is -2.16. The Labute approximate surface area is 144 Å². The van der Waals surface area contributed by atoms with Crippen LogP contribution >= 0.6 is 27.3 Å². The number of rotatable bonds is 3. The van der Waals surface area contributed by atoms with Crippen molar-refractivity contribution in [2.45, 2.75) is 6.42 Å². The zero-order valence-electron chi connectivity index (χ0n) is 11.9. The molecular weight excluding hydrogens is 384 g/mol. The number of urea groups is 1. The van der Waals surface area contributed by atoms with E-state index in [2.05, 4.69) is 31.4 Å². The van der Waals surface area contributed by atoms with E-state index in [-0.39, 0.29) is 12.6 Å². The number of carbonyl (C=O) groups excluding carboxylic acids is 1. The van der Waals surface area contributed by atoms with Gasteiger partial charge in [0.2, 0.25) is 0 Å². The van der Waals surface area contributed by atoms with Gasteiger partial charge in [-0.2, -0.15) is 0 Å². The zero-order chi connectivity index (χ0) is 16.4. The minimum absolute atomic E-state index is 0.218. The Hall–Kier alpha value is -2.00. The van der Waals surface area contributed by atoms with Crippen LogP contribution in [0.15, 0.2) is 28.1 Å². The third-order valence-corrected chi connectivity index (χ3v) is 5.20. The van der Waals surface area contributed by atoms with Crippen molar-refractivity contribution >= 4 is 45.1 Å². The third-order valence-electron chi connectivity index (χ3n) is 3.55. The minimum atomic E-state index is -0.869. The van der Waals surface area contributed by atoms with Gasteiger partial charge in [-0.05, 0) is 46.6 Å². The van der Waals surface area contributed by atoms with Crippen LogP contribution in [0.1, 0.15) is 6.42 Å². The van der Waals surface area contributed by atoms with Crippen molar-refractivity contribution in [2.75, 3.05) is 18.4 Å². The summed E-state index contributed by atoms with van der Waals surface area (Å²) in [7, 11) is 0. The maximum absolute atomic E-state index is 12.1. The first kappa shape index (κ1) is 15.9. The molecule has 1 atom stereocenters. The highest BCUT2D eigenvalue weighted by molar-refractivity contribution is 9.11. The monoisotopic (exact) mass is 396 g/mol. The summed E-state index contributed by atoms with van der Waals surface area (Å²) < 4.78 is 1.01. The summed E-state index contributed by atoms with van der Waals surface area (Å²) in [5, 5.41) is 19.7. The van der Waals surface area contributed by atoms with Crippen LogP contribution in [-0.4, -0.2) is 45.3 Å². The predicted molar refractivity (Wildman–Crippen MR) is 89.4 cm³/mol. The van der Waals surface area contributed by atoms with Crippen molar-refractivity contribution in [1.82, 2.24) is 15.1 Å². The predicted octanol–water partition coefficient (Wildman–Crippen LogP) is 2.91. The van der Waals surface area contributed by atoms with Gasteiger partial charge in [-0.25, -0.2) is 4.79 Å². The van der Waals surface area contributed by atoms with Gasteiger partial charge in [0.15, 0.2) is 5.82 Å². The molecule has 0 spiro atoms. The fourth-order valence-electron chi connectivity index (χ4n) is 2.32. The highest BCUT2D eigenvalue weighted by Crippen LogP contribution is 2.29. The highest BCUT2D eigenvalue weighted by atomic mass is 79.9. The molecule has 2 aromatic heterocycles. The molecule has 1 unspecified atom stereocenters. The van der Waals surface area contributed by atoms with E-state index in [9.17, 15) is 9.59 Å². The molecule has 120 valence electrons. The molecule has 0 saturated carbocycles. The van der Waals surface area contributed by atoms with E-state index < -0.39 is 11.9 Å². The van der Waals surface area contributed by atoms with Gasteiger partial charge in [-0.1, -0.05) is 0 Å². The van der Waals surface area contributed by atoms with Crippen LogP contribution in [-0.2, 0) is 4.79 Å². The first-order valence-electron chi connectivity index (χ1n) is 6.91. The van der Waals surface area contributed by atoms with Crippen LogP contribution in [0, 0.1) is 5.92 Å². The van der Waals surface area contributed by atoms with E-state index in [0.29, 0.717) is 18.8 Å². The average molecular weight is 397 g/mol. The number of likely N-dealkylation sites (tertiary alicyclic amines) is 1. The Morgan fingerprint density at radius 1 is 1.30 bits per heavy atom. The lowest BCUT2D eigenvalue weighted by atomic mass is 10.1. The van der Waals surface area contributed by atoms with Crippen molar-refractivity contribution in [3.05, 3.63) is 28.1 Å². The summed E-state index contributed by atoms with van der Waals surface area (Å²) in [5.41, 5.74) is 0.728. The number of carboxylic acid groups (broad SMARTS) is 1. The van der Waals surface area contributed by atoms with Crippen molar-refractivity contribution < 1.29 is 14.7 Å². The first-order chi connectivity index (χ1) is 11.0. The topological polar surface area (TPSA) is 95.4 Å². The molecule has 1 aliphatic rings. The number of halogens is 1. The lowest BCUT2D eigenvalue weighted by molar-refractivity contribution is -0.141. The number of carboxylic acids is 1. The minimum Gasteiger partial charge on any atom is -0.481 e. The number of hydrogen-bond acceptors (Lipinski definition) is 5. The van der Waals surface area contributed by atoms with Crippen LogP contribution in [0.2, 0.25) is 0 Å². The van der Waals surface area contributed by atoms with E-state index in [4.69, 9.17) is 5.11 Å². The van der Waals surface area contributed by atoms with Crippen molar-refractivity contribution in [3.8, 4) is 10.6 Å². The van der Waals surface area contributed by atoms with Crippen LogP contribution < -0.4 is 5.32 Å². The number of nitrogens with one attached hydrogen (secondary N) is 1. The van der Waals surface area contributed by atoms with Crippen LogP contribution in [0.4, 0.5) is 10.6 Å². The summed E-state index contributed by atoms with van der Waals surface area (Å²) in [6, 6.07) is 6.98. The van der Waals surface area contributed by atoms with Gasteiger partial charge in [0.25, 0.3) is 0 Å². The average Bonchev–Trinajstić information content (AvgIpc) is 3.17. The molecule has 9 heteroatoms. The fraction of sp³-hybridized carbons (Fsp3) is 0.286. The molecule has 1 aliphatic heterocycles. The van der Waals surface area contributed by atoms with E-state index in [1.54, 1.807) is 23.5 Å². The second-order valence-electron chi connectivity index (χ2n) is 5.11. The fourth-order valence-corrected chi connectivity index (χ4v) is 3.67. The summed E-state index contributed by atoms with van der Waals surface area (Å²) in [5.74, 6) is -1.02. The number of nitrogens with zero attached hydrogens (tertiary/aromatic N) is 3. The normalized spacial score (nSPS) is 17.3. The Balaban J connectivity index is 1.62. The lowest BCUT2D eigenvalue weighted by Crippen LogP contribution is -2.34. The molecule has 0 aliphatic carbocycles. The summed E-state index contributed by atoms with van der Waals surface area (Å²) in [6.07, 6.45) is 0.473. The second-order valence-corrected chi connectivity index (χ2v) is 7.57. The number of carbonyl (C=O) groups is 2. The Morgan fingerprint density at radius 2 is 2.13 bits per heavy atom. The molecular formula is C14H13BrN4O3S. The van der Waals surface area contributed by atoms with Crippen molar-refractivity contribution in [1.29, 1.82) is 0 Å². The molecule has 3 rings (SSSR count). The van der Waals surface area contributed by atoms with Crippen molar-refractivity contribution in [3.63, 3.8) is 0 Å². The molecule has 2 amide bonds. The first-order valence-corrected chi connectivity index (χ1v) is 8.52. The summed E-state index contributed by atoms with van der Waals surface area (Å²) in [4.78, 5) is 25.5. The number of anilines is 1. The van der Waals surface area contributed by atoms with Gasteiger partial charge in [0.05, 0.1) is 14.6 Å². The van der Waals surface area contributed by atoms with Crippen LogP contribution in [0.3, 0.4) is 0 Å². The van der Waals surface area contributed by atoms with E-state index in [0.717, 1.165) is 14.4 Å². The maximum atomic E-state index is 12.1. The van der Waals surface area contributed by atoms with Gasteiger partial charge in [0, 0.05) is 13.1 Å². The van der Waals surface area contributed by atoms with E-state index in [1.807, 2.05) is 12.1 Å². The molecule has 3 heterocycles. The van der Waals surface area contributed by atoms with Crippen LogP contribution in [0.25, 0.3) is 10.6 Å². The van der Waals surface area contributed by atoms with Gasteiger partial charge in [-0.3, -0.25) is 10.1 Å². The van der Waals surface area contributed by atoms with Gasteiger partial charge in [-0.15, -0.1) is 21.5 Å². The molecule has 1 fully saturated rings. The molecule has 0 bridgehead atoms. The molecule has 2 aromatic rings. The number of amides is 2. The van der Waals surface area contributed by atoms with Gasteiger partial charge in [0.1, 0.15) is 5.69 Å². The quantitative estimate of drug-likeness (QED) is 0.831. The zero-order valence-corrected chi connectivity index (χ0v) is 14.3. The highest BCUT2D eigenvalue weighted by Gasteiger charge is 2.30. The van der Waals surface area contributed by atoms with E-state index in [1.165, 1.54) is 4.90 Å². The number of thiophene rings is 1. The second kappa shape index (κ2) is 6.63. The molecule has 7 nitrogen and oxygen atoms in total. The molecule has 1 saturated heterocycles. The molecule has 0 radical (unpaired) electrons. The van der Waals surface area contributed by atoms with Crippen molar-refractivity contribution in [2.24, 2.45) is 5.92 Å². The standard InChI is InChI=1S/C14H13BrN4O3S/c15-11-3-2-10(23-11)9-1-4-12(18-17-9)16-14(22)19-6-5-8(7-19)13(20)21/h1-4,8H,5-7H2,(H,20,21)(H,16,18,22). The number of aliphatic carboxylic acids is 1. The molecule has 23 heavy (non-hydrogen) atoms. The SMILES string of the molecule is O=C(O)C1CCN(C(=O)Nc2ccc(-c3ccc(Br)s3)nn2)C1. The summed E-state index contributed by atoms with van der Waals surface area (Å²) in [6.45, 7) is 0.646. The smallest absolute Gasteiger partial charge is 0.323 e. The van der Waals surface area contributed by atoms with Crippen LogP contribution in [0.5, 0.6) is 0 Å².